The number of rotatable bonds is 8. The summed E-state index contributed by atoms with van der Waals surface area (Å²) in [6.07, 6.45) is 7.12. The molecule has 0 amide bonds. The number of nitrogens with one attached hydrogen (secondary N) is 1. The summed E-state index contributed by atoms with van der Waals surface area (Å²) >= 11 is 0. The van der Waals surface area contributed by atoms with Gasteiger partial charge in [0.1, 0.15) is 0 Å². The van der Waals surface area contributed by atoms with Crippen molar-refractivity contribution in [3.8, 4) is 0 Å². The molecule has 4 atom stereocenters. The van der Waals surface area contributed by atoms with Crippen LogP contribution in [0.1, 0.15) is 46.0 Å². The first-order chi connectivity index (χ1) is 12.2. The minimum Gasteiger partial charge on any atom is -0.389 e. The standard InChI is InChI=1S/C19H34N2O4S/c1-12(2)21-9-16(22)10-25-17-8-7-15(11-26(20,23)24)18-13-3-5-14(6-4-13)19(17)18/h7,12-14,16-19,21-22H,3-6,8-11H2,1-2H3,(H2,20,23,24)/t13?,14?,16-,17-,18+,19+/m1/s1. The van der Waals surface area contributed by atoms with Gasteiger partial charge < -0.3 is 15.2 Å². The first-order valence-corrected chi connectivity index (χ1v) is 11.7. The topological polar surface area (TPSA) is 102 Å². The van der Waals surface area contributed by atoms with Crippen molar-refractivity contribution in [3.05, 3.63) is 11.6 Å². The Morgan fingerprint density at radius 3 is 2.54 bits per heavy atom. The van der Waals surface area contributed by atoms with E-state index in [0.29, 0.717) is 36.9 Å². The van der Waals surface area contributed by atoms with Crippen LogP contribution >= 0.6 is 0 Å². The zero-order valence-corrected chi connectivity index (χ0v) is 16.7. The fraction of sp³-hybridized carbons (Fsp3) is 0.895. The van der Waals surface area contributed by atoms with Gasteiger partial charge in [-0.05, 0) is 55.8 Å². The number of aliphatic hydroxyl groups excluding tert-OH is 1. The average Bonchev–Trinajstić information content (AvgIpc) is 2.58. The molecule has 6 nitrogen and oxygen atoms in total. The number of hydrogen-bond acceptors (Lipinski definition) is 5. The van der Waals surface area contributed by atoms with Crippen LogP contribution in [0.5, 0.6) is 0 Å². The Balaban J connectivity index is 1.68. The van der Waals surface area contributed by atoms with Gasteiger partial charge in [-0.15, -0.1) is 0 Å². The van der Waals surface area contributed by atoms with Gasteiger partial charge in [-0.25, -0.2) is 13.6 Å². The van der Waals surface area contributed by atoms with Crippen molar-refractivity contribution in [2.75, 3.05) is 18.9 Å². The SMILES string of the molecule is CC(C)NC[C@@H](O)CO[C@@H]1CC=C(CS(N)(=O)=O)[C@@H]2C3CCC(CC3)[C@H]21. The number of hydrogen-bond donors (Lipinski definition) is 3. The van der Waals surface area contributed by atoms with E-state index in [2.05, 4.69) is 25.2 Å². The Labute approximate surface area is 157 Å². The van der Waals surface area contributed by atoms with Gasteiger partial charge in [0.2, 0.25) is 10.0 Å². The fourth-order valence-corrected chi connectivity index (χ4v) is 6.15. The van der Waals surface area contributed by atoms with Crippen LogP contribution in [0, 0.1) is 23.7 Å². The second-order valence-corrected chi connectivity index (χ2v) is 10.3. The van der Waals surface area contributed by atoms with Crippen molar-refractivity contribution in [2.24, 2.45) is 28.8 Å². The summed E-state index contributed by atoms with van der Waals surface area (Å²) in [5.74, 6) is 1.78. The molecule has 0 saturated heterocycles. The third kappa shape index (κ3) is 4.87. The Kier molecular flexibility index (Phi) is 6.45. The van der Waals surface area contributed by atoms with Gasteiger partial charge in [-0.2, -0.15) is 0 Å². The minimum absolute atomic E-state index is 0.0228. The Bertz CT molecular complexity index is 611. The number of sulfonamides is 1. The highest BCUT2D eigenvalue weighted by Gasteiger charge is 2.50. The molecule has 0 aromatic rings. The summed E-state index contributed by atoms with van der Waals surface area (Å²) < 4.78 is 29.5. The lowest BCUT2D eigenvalue weighted by Gasteiger charge is -2.54. The number of nitrogens with two attached hydrogens (primary N) is 1. The molecule has 0 spiro atoms. The first-order valence-electron chi connectivity index (χ1n) is 9.97. The maximum Gasteiger partial charge on any atom is 0.212 e. The largest absolute Gasteiger partial charge is 0.389 e. The molecule has 0 aromatic carbocycles. The summed E-state index contributed by atoms with van der Waals surface area (Å²) in [6.45, 7) is 4.95. The molecule has 2 bridgehead atoms. The van der Waals surface area contributed by atoms with Gasteiger partial charge >= 0.3 is 0 Å². The monoisotopic (exact) mass is 386 g/mol. The smallest absolute Gasteiger partial charge is 0.212 e. The summed E-state index contributed by atoms with van der Waals surface area (Å²) in [5.41, 5.74) is 1.01. The molecule has 4 rings (SSSR count). The summed E-state index contributed by atoms with van der Waals surface area (Å²) in [6, 6.07) is 0.335. The maximum absolute atomic E-state index is 11.7. The molecule has 4 N–H and O–H groups in total. The Hall–Kier alpha value is -0.470. The van der Waals surface area contributed by atoms with Gasteiger partial charge in [-0.3, -0.25) is 0 Å². The van der Waals surface area contributed by atoms with Crippen LogP contribution in [-0.2, 0) is 14.8 Å². The highest BCUT2D eigenvalue weighted by molar-refractivity contribution is 7.89. The van der Waals surface area contributed by atoms with E-state index in [9.17, 15) is 13.5 Å². The fourth-order valence-electron chi connectivity index (χ4n) is 5.37. The van der Waals surface area contributed by atoms with Crippen molar-refractivity contribution < 1.29 is 18.3 Å². The molecular formula is C19H34N2O4S. The lowest BCUT2D eigenvalue weighted by atomic mass is 9.53. The molecule has 3 fully saturated rings. The molecule has 0 unspecified atom stereocenters. The molecule has 4 aliphatic carbocycles. The van der Waals surface area contributed by atoms with E-state index in [0.717, 1.165) is 12.0 Å². The molecule has 150 valence electrons. The van der Waals surface area contributed by atoms with Crippen LogP contribution in [0.25, 0.3) is 0 Å². The minimum atomic E-state index is -3.51. The molecule has 3 saturated carbocycles. The quantitative estimate of drug-likeness (QED) is 0.547. The number of fused-ring (bicyclic) bond motifs is 2. The predicted octanol–water partition coefficient (Wildman–Crippen LogP) is 1.40. The van der Waals surface area contributed by atoms with Gasteiger partial charge in [0.15, 0.2) is 0 Å². The first kappa shape index (κ1) is 20.3. The number of aliphatic hydroxyl groups is 1. The third-order valence-electron chi connectivity index (χ3n) is 6.39. The highest BCUT2D eigenvalue weighted by atomic mass is 32.2. The van der Waals surface area contributed by atoms with Crippen molar-refractivity contribution in [1.82, 2.24) is 5.32 Å². The van der Waals surface area contributed by atoms with E-state index in [1.54, 1.807) is 0 Å². The summed E-state index contributed by atoms with van der Waals surface area (Å²) in [5, 5.41) is 18.7. The van der Waals surface area contributed by atoms with E-state index in [-0.39, 0.29) is 17.8 Å². The van der Waals surface area contributed by atoms with E-state index < -0.39 is 16.1 Å². The molecule has 4 aliphatic rings. The van der Waals surface area contributed by atoms with Crippen LogP contribution in [0.4, 0.5) is 0 Å². The van der Waals surface area contributed by atoms with E-state index in [1.165, 1.54) is 25.7 Å². The zero-order chi connectivity index (χ0) is 18.9. The van der Waals surface area contributed by atoms with Crippen LogP contribution in [0.3, 0.4) is 0 Å². The maximum atomic E-state index is 11.7. The normalized spacial score (nSPS) is 35.3. The molecule has 7 heteroatoms. The van der Waals surface area contributed by atoms with Crippen LogP contribution in [0.2, 0.25) is 0 Å². The Morgan fingerprint density at radius 2 is 1.92 bits per heavy atom. The predicted molar refractivity (Wildman–Crippen MR) is 102 cm³/mol. The number of ether oxygens (including phenoxy) is 1. The van der Waals surface area contributed by atoms with Crippen molar-refractivity contribution >= 4 is 10.0 Å². The molecule has 0 radical (unpaired) electrons. The summed E-state index contributed by atoms with van der Waals surface area (Å²) in [4.78, 5) is 0. The lowest BCUT2D eigenvalue weighted by molar-refractivity contribution is -0.0975. The molecule has 26 heavy (non-hydrogen) atoms. The molecular weight excluding hydrogens is 352 g/mol. The van der Waals surface area contributed by atoms with E-state index in [4.69, 9.17) is 9.88 Å². The average molecular weight is 387 g/mol. The van der Waals surface area contributed by atoms with Crippen LogP contribution < -0.4 is 10.5 Å². The van der Waals surface area contributed by atoms with Gasteiger partial charge in [0, 0.05) is 12.6 Å². The van der Waals surface area contributed by atoms with Crippen molar-refractivity contribution in [2.45, 2.75) is 64.2 Å². The van der Waals surface area contributed by atoms with Crippen LogP contribution in [0.15, 0.2) is 11.6 Å². The van der Waals surface area contributed by atoms with Crippen molar-refractivity contribution in [3.63, 3.8) is 0 Å². The number of primary sulfonamides is 1. The third-order valence-corrected chi connectivity index (χ3v) is 7.12. The lowest BCUT2D eigenvalue weighted by Crippen LogP contribution is -2.50. The second kappa shape index (κ2) is 8.27. The highest BCUT2D eigenvalue weighted by Crippen LogP contribution is 2.55. The van der Waals surface area contributed by atoms with Gasteiger partial charge in [0.25, 0.3) is 0 Å². The van der Waals surface area contributed by atoms with E-state index in [1.807, 2.05) is 0 Å². The molecule has 0 aromatic heterocycles. The molecule has 0 heterocycles. The second-order valence-electron chi connectivity index (χ2n) is 8.69. The van der Waals surface area contributed by atoms with E-state index >= 15 is 0 Å². The van der Waals surface area contributed by atoms with Gasteiger partial charge in [-0.1, -0.05) is 25.5 Å². The van der Waals surface area contributed by atoms with Gasteiger partial charge in [0.05, 0.1) is 24.6 Å². The zero-order valence-electron chi connectivity index (χ0n) is 15.9. The van der Waals surface area contributed by atoms with Crippen molar-refractivity contribution in [1.29, 1.82) is 0 Å². The summed E-state index contributed by atoms with van der Waals surface area (Å²) in [7, 11) is -3.51. The van der Waals surface area contributed by atoms with Crippen LogP contribution in [-0.4, -0.2) is 50.7 Å². The Morgan fingerprint density at radius 1 is 1.27 bits per heavy atom. The molecule has 0 aliphatic heterocycles.